The minimum atomic E-state index is 0.705. The summed E-state index contributed by atoms with van der Waals surface area (Å²) < 4.78 is 0. The first-order chi connectivity index (χ1) is 4.36. The molecule has 0 bridgehead atoms. The molecule has 2 nitrogen and oxygen atoms in total. The minimum Gasteiger partial charge on any atom is -0.375 e. The number of anilines is 1. The van der Waals surface area contributed by atoms with Gasteiger partial charge in [-0.3, -0.25) is 0 Å². The number of rotatable bonds is 1. The van der Waals surface area contributed by atoms with E-state index in [4.69, 9.17) is 5.73 Å². The molecule has 0 saturated heterocycles. The summed E-state index contributed by atoms with van der Waals surface area (Å²) in [6, 6.07) is 0. The van der Waals surface area contributed by atoms with Gasteiger partial charge < -0.3 is 5.73 Å². The monoisotopic (exact) mass is 140 g/mol. The van der Waals surface area contributed by atoms with Crippen LogP contribution in [0.4, 0.5) is 5.13 Å². The molecule has 0 unspecified atom stereocenters. The molecule has 0 spiro atoms. The van der Waals surface area contributed by atoms with E-state index in [0.717, 1.165) is 5.92 Å². The lowest BCUT2D eigenvalue weighted by Crippen LogP contribution is -1.83. The van der Waals surface area contributed by atoms with Crippen molar-refractivity contribution in [2.45, 2.75) is 18.8 Å². The first-order valence-electron chi connectivity index (χ1n) is 3.07. The third kappa shape index (κ3) is 0.920. The molecule has 2 rings (SSSR count). The first-order valence-corrected chi connectivity index (χ1v) is 3.95. The summed E-state index contributed by atoms with van der Waals surface area (Å²) in [7, 11) is 0. The van der Waals surface area contributed by atoms with Crippen molar-refractivity contribution in [1.82, 2.24) is 4.98 Å². The Morgan fingerprint density at radius 3 is 2.89 bits per heavy atom. The van der Waals surface area contributed by atoms with Crippen molar-refractivity contribution in [3.8, 4) is 0 Å². The SMILES string of the molecule is Nc1nc(C2CC2)cs1. The average molecular weight is 140 g/mol. The number of hydrogen-bond acceptors (Lipinski definition) is 3. The lowest BCUT2D eigenvalue weighted by molar-refractivity contribution is 1.05. The molecule has 9 heavy (non-hydrogen) atoms. The molecule has 1 aliphatic rings. The Bertz CT molecular complexity index is 215. The third-order valence-electron chi connectivity index (χ3n) is 1.54. The number of hydrogen-bond donors (Lipinski definition) is 1. The van der Waals surface area contributed by atoms with Gasteiger partial charge in [0.2, 0.25) is 0 Å². The summed E-state index contributed by atoms with van der Waals surface area (Å²) in [5, 5.41) is 2.77. The predicted octanol–water partition coefficient (Wildman–Crippen LogP) is 1.60. The van der Waals surface area contributed by atoms with E-state index in [0.29, 0.717) is 5.13 Å². The highest BCUT2D eigenvalue weighted by Gasteiger charge is 2.25. The molecule has 1 saturated carbocycles. The predicted molar refractivity (Wildman–Crippen MR) is 38.5 cm³/mol. The number of nitrogen functional groups attached to an aromatic ring is 1. The van der Waals surface area contributed by atoms with E-state index in [9.17, 15) is 0 Å². The zero-order valence-electron chi connectivity index (χ0n) is 5.00. The molecule has 1 aliphatic carbocycles. The number of thiazole rings is 1. The second-order valence-corrected chi connectivity index (χ2v) is 3.27. The minimum absolute atomic E-state index is 0.705. The Labute approximate surface area is 57.7 Å². The quantitative estimate of drug-likeness (QED) is 0.643. The molecule has 48 valence electrons. The Kier molecular flexibility index (Phi) is 0.990. The lowest BCUT2D eigenvalue weighted by atomic mass is 10.3. The maximum Gasteiger partial charge on any atom is 0.180 e. The summed E-state index contributed by atoms with van der Waals surface area (Å²) >= 11 is 1.54. The first kappa shape index (κ1) is 5.23. The van der Waals surface area contributed by atoms with Gasteiger partial charge in [-0.05, 0) is 12.8 Å². The second kappa shape index (κ2) is 1.70. The van der Waals surface area contributed by atoms with Crippen LogP contribution in [0.1, 0.15) is 24.5 Å². The molecule has 1 heterocycles. The molecular formula is C6H8N2S. The van der Waals surface area contributed by atoms with Gasteiger partial charge in [0.25, 0.3) is 0 Å². The normalized spacial score (nSPS) is 18.2. The van der Waals surface area contributed by atoms with Crippen LogP contribution in [0.2, 0.25) is 0 Å². The summed E-state index contributed by atoms with van der Waals surface area (Å²) in [5.74, 6) is 0.749. The molecule has 1 aromatic heterocycles. The molecule has 0 aromatic carbocycles. The van der Waals surface area contributed by atoms with Crippen LogP contribution in [0.15, 0.2) is 5.38 Å². The smallest absolute Gasteiger partial charge is 0.180 e. The molecule has 0 atom stereocenters. The standard InChI is InChI=1S/C6H8N2S/c7-6-8-5(3-9-6)4-1-2-4/h3-4H,1-2H2,(H2,7,8). The molecule has 1 aromatic rings. The summed E-state index contributed by atoms with van der Waals surface area (Å²) in [6.07, 6.45) is 2.62. The van der Waals surface area contributed by atoms with Crippen LogP contribution in [-0.2, 0) is 0 Å². The number of aromatic nitrogens is 1. The van der Waals surface area contributed by atoms with E-state index >= 15 is 0 Å². The molecule has 0 radical (unpaired) electrons. The fourth-order valence-corrected chi connectivity index (χ4v) is 1.51. The van der Waals surface area contributed by atoms with Crippen LogP contribution < -0.4 is 5.73 Å². The van der Waals surface area contributed by atoms with Gasteiger partial charge in [-0.2, -0.15) is 0 Å². The van der Waals surface area contributed by atoms with Crippen molar-refractivity contribution < 1.29 is 0 Å². The highest BCUT2D eigenvalue weighted by atomic mass is 32.1. The van der Waals surface area contributed by atoms with E-state index in [2.05, 4.69) is 10.4 Å². The molecular weight excluding hydrogens is 132 g/mol. The fourth-order valence-electron chi connectivity index (χ4n) is 0.867. The highest BCUT2D eigenvalue weighted by molar-refractivity contribution is 7.13. The van der Waals surface area contributed by atoms with Crippen LogP contribution >= 0.6 is 11.3 Å². The van der Waals surface area contributed by atoms with Crippen molar-refractivity contribution >= 4 is 16.5 Å². The van der Waals surface area contributed by atoms with Gasteiger partial charge in [-0.25, -0.2) is 4.98 Å². The summed E-state index contributed by atoms with van der Waals surface area (Å²) in [6.45, 7) is 0. The summed E-state index contributed by atoms with van der Waals surface area (Å²) in [5.41, 5.74) is 6.66. The van der Waals surface area contributed by atoms with Crippen LogP contribution in [0.5, 0.6) is 0 Å². The van der Waals surface area contributed by atoms with E-state index in [-0.39, 0.29) is 0 Å². The second-order valence-electron chi connectivity index (χ2n) is 2.38. The Hall–Kier alpha value is -0.570. The van der Waals surface area contributed by atoms with Crippen LogP contribution in [0.25, 0.3) is 0 Å². The van der Waals surface area contributed by atoms with Gasteiger partial charge in [-0.1, -0.05) is 0 Å². The van der Waals surface area contributed by atoms with Crippen LogP contribution in [0.3, 0.4) is 0 Å². The van der Waals surface area contributed by atoms with E-state index in [1.807, 2.05) is 0 Å². The van der Waals surface area contributed by atoms with Gasteiger partial charge in [-0.15, -0.1) is 11.3 Å². The van der Waals surface area contributed by atoms with Crippen molar-refractivity contribution in [2.75, 3.05) is 5.73 Å². The number of nitrogens with zero attached hydrogens (tertiary/aromatic N) is 1. The van der Waals surface area contributed by atoms with Gasteiger partial charge in [0, 0.05) is 11.3 Å². The van der Waals surface area contributed by atoms with E-state index in [1.165, 1.54) is 29.9 Å². The van der Waals surface area contributed by atoms with Crippen molar-refractivity contribution in [2.24, 2.45) is 0 Å². The Balaban J connectivity index is 2.28. The largest absolute Gasteiger partial charge is 0.375 e. The van der Waals surface area contributed by atoms with Gasteiger partial charge in [0.15, 0.2) is 5.13 Å². The zero-order chi connectivity index (χ0) is 6.27. The van der Waals surface area contributed by atoms with Crippen molar-refractivity contribution in [1.29, 1.82) is 0 Å². The number of nitrogens with two attached hydrogens (primary N) is 1. The molecule has 3 heteroatoms. The molecule has 0 aliphatic heterocycles. The maximum absolute atomic E-state index is 5.45. The summed E-state index contributed by atoms with van der Waals surface area (Å²) in [4.78, 5) is 4.17. The van der Waals surface area contributed by atoms with Crippen molar-refractivity contribution in [3.63, 3.8) is 0 Å². The van der Waals surface area contributed by atoms with Gasteiger partial charge in [0.1, 0.15) is 0 Å². The molecule has 1 fully saturated rings. The third-order valence-corrected chi connectivity index (χ3v) is 2.23. The Morgan fingerprint density at radius 1 is 1.67 bits per heavy atom. The van der Waals surface area contributed by atoms with Gasteiger partial charge >= 0.3 is 0 Å². The highest BCUT2D eigenvalue weighted by Crippen LogP contribution is 2.40. The van der Waals surface area contributed by atoms with Crippen LogP contribution in [0, 0.1) is 0 Å². The lowest BCUT2D eigenvalue weighted by Gasteiger charge is -1.82. The van der Waals surface area contributed by atoms with Crippen molar-refractivity contribution in [3.05, 3.63) is 11.1 Å². The molecule has 2 N–H and O–H groups in total. The van der Waals surface area contributed by atoms with E-state index in [1.54, 1.807) is 0 Å². The zero-order valence-corrected chi connectivity index (χ0v) is 5.82. The topological polar surface area (TPSA) is 38.9 Å². The van der Waals surface area contributed by atoms with E-state index < -0.39 is 0 Å². The van der Waals surface area contributed by atoms with Crippen LogP contribution in [-0.4, -0.2) is 4.98 Å². The maximum atomic E-state index is 5.45. The average Bonchev–Trinajstić information content (AvgIpc) is 2.58. The fraction of sp³-hybridized carbons (Fsp3) is 0.500. The van der Waals surface area contributed by atoms with Gasteiger partial charge in [0.05, 0.1) is 5.69 Å². The Morgan fingerprint density at radius 2 is 2.44 bits per heavy atom. The molecule has 0 amide bonds.